The van der Waals surface area contributed by atoms with E-state index in [1.165, 1.54) is 16.7 Å². The molecule has 0 aromatic carbocycles. The Bertz CT molecular complexity index is 803. The number of hydrogen-bond donors (Lipinski definition) is 3. The van der Waals surface area contributed by atoms with Crippen molar-refractivity contribution in [2.75, 3.05) is 5.75 Å². The normalized spacial score (nSPS) is 22.8. The minimum atomic E-state index is -1.14. The fourth-order valence-electron chi connectivity index (χ4n) is 2.73. The highest BCUT2D eigenvalue weighted by molar-refractivity contribution is 8.00. The van der Waals surface area contributed by atoms with Crippen molar-refractivity contribution in [1.29, 1.82) is 0 Å². The van der Waals surface area contributed by atoms with Crippen molar-refractivity contribution < 1.29 is 24.1 Å². The fourth-order valence-corrected chi connectivity index (χ4v) is 3.99. The number of allylic oxidation sites excluding steroid dienone is 2. The molecule has 0 saturated carbocycles. The van der Waals surface area contributed by atoms with Crippen molar-refractivity contribution in [2.24, 2.45) is 11.5 Å². The van der Waals surface area contributed by atoms with Gasteiger partial charge in [-0.25, -0.2) is 9.36 Å². The van der Waals surface area contributed by atoms with E-state index in [-0.39, 0.29) is 17.0 Å². The van der Waals surface area contributed by atoms with Gasteiger partial charge in [-0.2, -0.15) is 0 Å². The maximum Gasteiger partial charge on any atom is 0.352 e. The quantitative estimate of drug-likeness (QED) is 0.465. The predicted molar refractivity (Wildman–Crippen MR) is 90.0 cm³/mol. The number of β-lactam (4-membered cyclic amide) rings is 1. The van der Waals surface area contributed by atoms with Crippen LogP contribution in [0.4, 0.5) is 0 Å². The average molecular weight is 361 g/mol. The lowest BCUT2D eigenvalue weighted by molar-refractivity contribution is -0.687. The summed E-state index contributed by atoms with van der Waals surface area (Å²) in [7, 11) is 0. The smallest absolute Gasteiger partial charge is 0.352 e. The number of carboxylic acids is 1. The molecule has 3 rings (SSSR count). The van der Waals surface area contributed by atoms with Gasteiger partial charge in [-0.15, -0.1) is 11.8 Å². The van der Waals surface area contributed by atoms with Crippen LogP contribution in [0.25, 0.3) is 0 Å². The van der Waals surface area contributed by atoms with Crippen LogP contribution in [0.2, 0.25) is 0 Å². The van der Waals surface area contributed by atoms with Gasteiger partial charge in [0.25, 0.3) is 0 Å². The SMILES string of the molecule is NC(=O)c1cc[n+](CC=CC2=C(C(=O)O)N3C(=O)C(N)[C@@H]3SC2)cc1. The number of amides is 2. The second-order valence-electron chi connectivity index (χ2n) is 5.66. The lowest BCUT2D eigenvalue weighted by Crippen LogP contribution is -2.68. The lowest BCUT2D eigenvalue weighted by atomic mass is 10.0. The first-order chi connectivity index (χ1) is 11.9. The predicted octanol–water partition coefficient (Wildman–Crippen LogP) is -0.790. The van der Waals surface area contributed by atoms with E-state index < -0.39 is 17.9 Å². The Morgan fingerprint density at radius 2 is 2.08 bits per heavy atom. The number of carboxylic acid groups (broad SMARTS) is 1. The lowest BCUT2D eigenvalue weighted by Gasteiger charge is -2.47. The molecule has 8 nitrogen and oxygen atoms in total. The van der Waals surface area contributed by atoms with E-state index in [9.17, 15) is 19.5 Å². The molecule has 2 amide bonds. The van der Waals surface area contributed by atoms with Crippen molar-refractivity contribution in [2.45, 2.75) is 18.0 Å². The molecular weight excluding hydrogens is 344 g/mol. The minimum absolute atomic E-state index is 0.000719. The van der Waals surface area contributed by atoms with Gasteiger partial charge in [-0.1, -0.05) is 6.08 Å². The Kier molecular flexibility index (Phi) is 4.60. The maximum absolute atomic E-state index is 11.9. The third-order valence-electron chi connectivity index (χ3n) is 4.05. The highest BCUT2D eigenvalue weighted by Crippen LogP contribution is 2.39. The van der Waals surface area contributed by atoms with E-state index in [4.69, 9.17) is 11.5 Å². The number of carbonyl (C=O) groups is 3. The molecule has 130 valence electrons. The fraction of sp³-hybridized carbons (Fsp3) is 0.250. The third-order valence-corrected chi connectivity index (χ3v) is 5.38. The first kappa shape index (κ1) is 17.2. The molecule has 9 heteroatoms. The monoisotopic (exact) mass is 361 g/mol. The molecule has 1 aromatic rings. The average Bonchev–Trinajstić information content (AvgIpc) is 2.60. The van der Waals surface area contributed by atoms with E-state index in [1.54, 1.807) is 36.7 Å². The number of thioether (sulfide) groups is 1. The number of carbonyl (C=O) groups excluding carboxylic acids is 2. The number of primary amides is 1. The highest BCUT2D eigenvalue weighted by atomic mass is 32.2. The van der Waals surface area contributed by atoms with E-state index in [0.29, 0.717) is 23.4 Å². The van der Waals surface area contributed by atoms with Crippen LogP contribution in [-0.2, 0) is 16.1 Å². The molecule has 2 aliphatic heterocycles. The van der Waals surface area contributed by atoms with E-state index in [0.717, 1.165) is 0 Å². The Morgan fingerprint density at radius 3 is 2.68 bits per heavy atom. The molecule has 3 heterocycles. The van der Waals surface area contributed by atoms with Gasteiger partial charge in [0.1, 0.15) is 17.1 Å². The first-order valence-electron chi connectivity index (χ1n) is 7.52. The summed E-state index contributed by atoms with van der Waals surface area (Å²) in [5.41, 5.74) is 11.9. The molecule has 1 fully saturated rings. The second-order valence-corrected chi connectivity index (χ2v) is 6.77. The number of nitrogens with two attached hydrogens (primary N) is 2. The summed E-state index contributed by atoms with van der Waals surface area (Å²) in [6.07, 6.45) is 6.92. The standard InChI is InChI=1S/C16H16N4O4S/c17-11-14(22)20-12(16(23)24)10(8-25-15(11)20)2-1-5-19-6-3-9(4-7-19)13(18)21/h1-4,6-7,11,15H,5,8,17H2,(H2-,18,21,23,24)/p+1/t11?,15-/m0/s1. The van der Waals surface area contributed by atoms with E-state index in [2.05, 4.69) is 0 Å². The highest BCUT2D eigenvalue weighted by Gasteiger charge is 2.51. The third kappa shape index (κ3) is 3.15. The molecule has 2 aliphatic rings. The van der Waals surface area contributed by atoms with Gasteiger partial charge in [0.15, 0.2) is 18.9 Å². The largest absolute Gasteiger partial charge is 0.477 e. The van der Waals surface area contributed by atoms with Gasteiger partial charge in [-0.3, -0.25) is 14.5 Å². The summed E-state index contributed by atoms with van der Waals surface area (Å²) in [4.78, 5) is 35.7. The molecule has 1 saturated heterocycles. The van der Waals surface area contributed by atoms with Crippen molar-refractivity contribution in [3.8, 4) is 0 Å². The molecule has 0 radical (unpaired) electrons. The van der Waals surface area contributed by atoms with Gasteiger partial charge in [-0.05, 0) is 11.6 Å². The number of pyridine rings is 1. The van der Waals surface area contributed by atoms with Gasteiger partial charge in [0.2, 0.25) is 11.8 Å². The van der Waals surface area contributed by atoms with Crippen LogP contribution in [0.1, 0.15) is 10.4 Å². The number of fused-ring (bicyclic) bond motifs is 1. The number of rotatable bonds is 5. The number of aliphatic carboxylic acids is 1. The molecule has 1 unspecified atom stereocenters. The molecule has 1 aromatic heterocycles. The summed E-state index contributed by atoms with van der Waals surface area (Å²) >= 11 is 1.45. The van der Waals surface area contributed by atoms with Crippen molar-refractivity contribution in [3.63, 3.8) is 0 Å². The zero-order valence-electron chi connectivity index (χ0n) is 13.2. The summed E-state index contributed by atoms with van der Waals surface area (Å²) in [6, 6.07) is 2.59. The Labute approximate surface area is 147 Å². The van der Waals surface area contributed by atoms with Crippen LogP contribution in [0.3, 0.4) is 0 Å². The Morgan fingerprint density at radius 1 is 1.40 bits per heavy atom. The van der Waals surface area contributed by atoms with Crippen molar-refractivity contribution >= 4 is 29.5 Å². The van der Waals surface area contributed by atoms with Gasteiger partial charge < -0.3 is 16.6 Å². The van der Waals surface area contributed by atoms with Crippen LogP contribution in [0.5, 0.6) is 0 Å². The molecule has 0 aliphatic carbocycles. The topological polar surface area (TPSA) is 131 Å². The van der Waals surface area contributed by atoms with Gasteiger partial charge in [0, 0.05) is 17.9 Å². The summed E-state index contributed by atoms with van der Waals surface area (Å²) in [5, 5.41) is 9.15. The van der Waals surface area contributed by atoms with Crippen LogP contribution >= 0.6 is 11.8 Å². The van der Waals surface area contributed by atoms with Crippen LogP contribution in [0.15, 0.2) is 47.9 Å². The second kappa shape index (κ2) is 6.69. The molecule has 2 atom stereocenters. The minimum Gasteiger partial charge on any atom is -0.477 e. The maximum atomic E-state index is 11.9. The van der Waals surface area contributed by atoms with Crippen LogP contribution in [0, 0.1) is 0 Å². The van der Waals surface area contributed by atoms with Gasteiger partial charge >= 0.3 is 5.97 Å². The molecule has 0 bridgehead atoms. The van der Waals surface area contributed by atoms with Crippen LogP contribution in [-0.4, -0.2) is 45.0 Å². The molecular formula is C16H17N4O4S+. The number of hydrogen-bond acceptors (Lipinski definition) is 5. The zero-order valence-corrected chi connectivity index (χ0v) is 14.0. The van der Waals surface area contributed by atoms with Crippen molar-refractivity contribution in [3.05, 3.63) is 53.5 Å². The molecule has 5 N–H and O–H groups in total. The van der Waals surface area contributed by atoms with Crippen molar-refractivity contribution in [1.82, 2.24) is 4.90 Å². The van der Waals surface area contributed by atoms with E-state index >= 15 is 0 Å². The number of nitrogens with zero attached hydrogens (tertiary/aromatic N) is 2. The summed E-state index contributed by atoms with van der Waals surface area (Å²) in [5.74, 6) is -1.52. The first-order valence-corrected chi connectivity index (χ1v) is 8.57. The molecule has 0 spiro atoms. The Hall–Kier alpha value is -2.65. The number of aromatic nitrogens is 1. The van der Waals surface area contributed by atoms with Crippen LogP contribution < -0.4 is 16.0 Å². The molecule has 25 heavy (non-hydrogen) atoms. The van der Waals surface area contributed by atoms with Gasteiger partial charge in [0.05, 0.1) is 5.56 Å². The zero-order chi connectivity index (χ0) is 18.1. The van der Waals surface area contributed by atoms with E-state index in [1.807, 2.05) is 4.57 Å². The summed E-state index contributed by atoms with van der Waals surface area (Å²) < 4.78 is 1.81. The summed E-state index contributed by atoms with van der Waals surface area (Å²) in [6.45, 7) is 0.483. The Balaban J connectivity index is 1.76.